The Labute approximate surface area is 167 Å². The van der Waals surface area contributed by atoms with Gasteiger partial charge in [-0.15, -0.1) is 0 Å². The number of aromatic nitrogens is 2. The number of urea groups is 1. The van der Waals surface area contributed by atoms with Crippen molar-refractivity contribution in [2.45, 2.75) is 26.3 Å². The molecule has 150 valence electrons. The van der Waals surface area contributed by atoms with Gasteiger partial charge in [0.1, 0.15) is 0 Å². The van der Waals surface area contributed by atoms with Crippen molar-refractivity contribution in [2.75, 3.05) is 11.9 Å². The molecule has 28 heavy (non-hydrogen) atoms. The summed E-state index contributed by atoms with van der Waals surface area (Å²) in [6, 6.07) is 5.10. The Morgan fingerprint density at radius 3 is 2.43 bits per heavy atom. The number of halogens is 1. The van der Waals surface area contributed by atoms with E-state index in [1.165, 1.54) is 0 Å². The minimum Gasteiger partial charge on any atom is -0.455 e. The van der Waals surface area contributed by atoms with Crippen molar-refractivity contribution >= 4 is 35.2 Å². The van der Waals surface area contributed by atoms with E-state index in [1.54, 1.807) is 42.9 Å². The maximum absolute atomic E-state index is 12.1. The highest BCUT2D eigenvalue weighted by atomic mass is 35.5. The van der Waals surface area contributed by atoms with Crippen molar-refractivity contribution in [2.24, 2.45) is 12.8 Å². The van der Waals surface area contributed by atoms with E-state index >= 15 is 0 Å². The van der Waals surface area contributed by atoms with Crippen LogP contribution in [0.3, 0.4) is 0 Å². The van der Waals surface area contributed by atoms with Crippen LogP contribution in [-0.4, -0.2) is 34.3 Å². The Balaban J connectivity index is 1.94. The molecule has 2 aromatic rings. The Kier molecular flexibility index (Phi) is 7.00. The summed E-state index contributed by atoms with van der Waals surface area (Å²) in [5.74, 6) is -1.15. The van der Waals surface area contributed by atoms with E-state index in [9.17, 15) is 14.4 Å². The van der Waals surface area contributed by atoms with Crippen LogP contribution < -0.4 is 16.4 Å². The van der Waals surface area contributed by atoms with Crippen LogP contribution in [0.15, 0.2) is 24.3 Å². The molecule has 0 radical (unpaired) electrons. The fraction of sp³-hybridized carbons (Fsp3) is 0.333. The minimum atomic E-state index is -0.784. The maximum Gasteiger partial charge on any atom is 0.312 e. The first-order chi connectivity index (χ1) is 13.2. The van der Waals surface area contributed by atoms with Gasteiger partial charge in [0.2, 0.25) is 0 Å². The minimum absolute atomic E-state index is 0.192. The second-order valence-corrected chi connectivity index (χ2v) is 6.63. The number of benzene rings is 1. The highest BCUT2D eigenvalue weighted by molar-refractivity contribution is 6.30. The van der Waals surface area contributed by atoms with Crippen LogP contribution in [0.2, 0.25) is 5.02 Å². The van der Waals surface area contributed by atoms with Gasteiger partial charge in [0.15, 0.2) is 6.61 Å². The molecule has 0 saturated carbocycles. The number of carbonyl (C=O) groups excluding carboxylic acids is 3. The summed E-state index contributed by atoms with van der Waals surface area (Å²) < 4.78 is 6.67. The lowest BCUT2D eigenvalue weighted by Gasteiger charge is -2.17. The zero-order valence-corrected chi connectivity index (χ0v) is 16.5. The Morgan fingerprint density at radius 1 is 1.25 bits per heavy atom. The number of nitrogens with one attached hydrogen (secondary N) is 2. The van der Waals surface area contributed by atoms with Crippen molar-refractivity contribution < 1.29 is 19.1 Å². The molecular weight excluding hydrogens is 386 g/mol. The quantitative estimate of drug-likeness (QED) is 0.604. The van der Waals surface area contributed by atoms with Gasteiger partial charge in [0.25, 0.3) is 5.91 Å². The first-order valence-corrected chi connectivity index (χ1v) is 8.82. The maximum atomic E-state index is 12.1. The van der Waals surface area contributed by atoms with E-state index in [1.807, 2.05) is 6.92 Å². The summed E-state index contributed by atoms with van der Waals surface area (Å²) in [5.41, 5.74) is 7.83. The van der Waals surface area contributed by atoms with E-state index in [4.69, 9.17) is 22.1 Å². The molecule has 0 fully saturated rings. The summed E-state index contributed by atoms with van der Waals surface area (Å²) in [6.07, 6.45) is -0.192. The fourth-order valence-corrected chi connectivity index (χ4v) is 2.75. The molecule has 0 aliphatic rings. The number of carbonyl (C=O) groups is 3. The zero-order valence-electron chi connectivity index (χ0n) is 15.8. The molecule has 10 heteroatoms. The highest BCUT2D eigenvalue weighted by Gasteiger charge is 2.20. The average Bonchev–Trinajstić information content (AvgIpc) is 2.86. The number of ether oxygens (including phenoxy) is 1. The van der Waals surface area contributed by atoms with E-state index in [0.29, 0.717) is 22.0 Å². The number of nitrogens with zero attached hydrogens (tertiary/aromatic N) is 2. The van der Waals surface area contributed by atoms with Gasteiger partial charge in [-0.25, -0.2) is 4.79 Å². The third-order valence-corrected chi connectivity index (χ3v) is 4.35. The first kappa shape index (κ1) is 21.2. The van der Waals surface area contributed by atoms with Gasteiger partial charge in [0.05, 0.1) is 29.5 Å². The normalized spacial score (nSPS) is 11.6. The van der Waals surface area contributed by atoms with Crippen LogP contribution in [0.25, 0.3) is 0 Å². The molecule has 9 nitrogen and oxygen atoms in total. The lowest BCUT2D eigenvalue weighted by atomic mass is 10.0. The standard InChI is InChI=1S/C18H22ClN5O4/c1-10-17(11(2)24(3)23-10)22-15(25)9-28-16(26)8-14(21-18(20)27)12-4-6-13(19)7-5-12/h4-7,14H,8-9H2,1-3H3,(H,22,25)(H3,20,21,27)/t14-/m1/s1. The molecule has 2 rings (SSSR count). The van der Waals surface area contributed by atoms with Gasteiger partial charge in [-0.2, -0.15) is 5.10 Å². The Hall–Kier alpha value is -3.07. The van der Waals surface area contributed by atoms with E-state index in [0.717, 1.165) is 5.69 Å². The fourth-order valence-electron chi connectivity index (χ4n) is 2.62. The monoisotopic (exact) mass is 407 g/mol. The molecule has 0 bridgehead atoms. The molecule has 0 spiro atoms. The van der Waals surface area contributed by atoms with E-state index < -0.39 is 30.6 Å². The zero-order chi connectivity index (χ0) is 20.8. The average molecular weight is 408 g/mol. The van der Waals surface area contributed by atoms with Gasteiger partial charge < -0.3 is 21.1 Å². The van der Waals surface area contributed by atoms with Gasteiger partial charge >= 0.3 is 12.0 Å². The van der Waals surface area contributed by atoms with E-state index in [-0.39, 0.29) is 6.42 Å². The lowest BCUT2D eigenvalue weighted by Crippen LogP contribution is -2.35. The molecule has 4 N–H and O–H groups in total. The summed E-state index contributed by atoms with van der Waals surface area (Å²) in [4.78, 5) is 35.4. The van der Waals surface area contributed by atoms with Crippen LogP contribution in [-0.2, 0) is 21.4 Å². The summed E-state index contributed by atoms with van der Waals surface area (Å²) in [5, 5.41) is 9.86. The van der Waals surface area contributed by atoms with Crippen molar-refractivity contribution in [3.05, 3.63) is 46.2 Å². The topological polar surface area (TPSA) is 128 Å². The molecule has 0 unspecified atom stereocenters. The largest absolute Gasteiger partial charge is 0.455 e. The molecule has 1 aromatic heterocycles. The number of primary amides is 1. The third kappa shape index (κ3) is 5.71. The van der Waals surface area contributed by atoms with Crippen LogP contribution >= 0.6 is 11.6 Å². The van der Waals surface area contributed by atoms with Crippen molar-refractivity contribution in [1.29, 1.82) is 0 Å². The van der Waals surface area contributed by atoms with Gasteiger partial charge in [-0.1, -0.05) is 23.7 Å². The number of anilines is 1. The molecule has 1 atom stereocenters. The van der Waals surface area contributed by atoms with Crippen molar-refractivity contribution in [3.8, 4) is 0 Å². The molecule has 0 aliphatic carbocycles. The molecule has 0 aliphatic heterocycles. The Bertz CT molecular complexity index is 879. The second-order valence-electron chi connectivity index (χ2n) is 6.20. The molecule has 0 saturated heterocycles. The number of rotatable bonds is 7. The molecule has 3 amide bonds. The number of amides is 3. The third-order valence-electron chi connectivity index (χ3n) is 4.10. The van der Waals surface area contributed by atoms with Gasteiger partial charge in [-0.3, -0.25) is 14.3 Å². The number of hydrogen-bond donors (Lipinski definition) is 3. The molecular formula is C18H22ClN5O4. The van der Waals surface area contributed by atoms with Crippen LogP contribution in [0.5, 0.6) is 0 Å². The van der Waals surface area contributed by atoms with Crippen LogP contribution in [0.1, 0.15) is 29.4 Å². The van der Waals surface area contributed by atoms with Crippen LogP contribution in [0.4, 0.5) is 10.5 Å². The smallest absolute Gasteiger partial charge is 0.312 e. The van der Waals surface area contributed by atoms with Gasteiger partial charge in [-0.05, 0) is 31.5 Å². The van der Waals surface area contributed by atoms with Gasteiger partial charge in [0, 0.05) is 12.1 Å². The van der Waals surface area contributed by atoms with Crippen molar-refractivity contribution in [3.63, 3.8) is 0 Å². The molecule has 1 heterocycles. The predicted octanol–water partition coefficient (Wildman–Crippen LogP) is 1.97. The number of aryl methyl sites for hydroxylation is 2. The number of nitrogens with two attached hydrogens (primary N) is 1. The first-order valence-electron chi connectivity index (χ1n) is 8.44. The number of hydrogen-bond acceptors (Lipinski definition) is 5. The predicted molar refractivity (Wildman–Crippen MR) is 104 cm³/mol. The summed E-state index contributed by atoms with van der Waals surface area (Å²) in [7, 11) is 1.76. The van der Waals surface area contributed by atoms with Crippen LogP contribution in [0, 0.1) is 13.8 Å². The summed E-state index contributed by atoms with van der Waals surface area (Å²) >= 11 is 5.85. The highest BCUT2D eigenvalue weighted by Crippen LogP contribution is 2.20. The summed E-state index contributed by atoms with van der Waals surface area (Å²) in [6.45, 7) is 3.12. The number of esters is 1. The SMILES string of the molecule is Cc1nn(C)c(C)c1NC(=O)COC(=O)C[C@@H](NC(N)=O)c1ccc(Cl)cc1. The lowest BCUT2D eigenvalue weighted by molar-refractivity contribution is -0.147. The van der Waals surface area contributed by atoms with E-state index in [2.05, 4.69) is 15.7 Å². The molecule has 1 aromatic carbocycles. The Morgan fingerprint density at radius 2 is 1.89 bits per heavy atom. The second kappa shape index (κ2) is 9.23. The van der Waals surface area contributed by atoms with Crippen molar-refractivity contribution in [1.82, 2.24) is 15.1 Å².